The van der Waals surface area contributed by atoms with Crippen molar-refractivity contribution in [3.8, 4) is 22.6 Å². The fourth-order valence-electron chi connectivity index (χ4n) is 1.76. The first-order chi connectivity index (χ1) is 10.8. The van der Waals surface area contributed by atoms with E-state index in [-0.39, 0.29) is 7.43 Å². The van der Waals surface area contributed by atoms with Gasteiger partial charge in [0.1, 0.15) is 18.3 Å². The smallest absolute Gasteiger partial charge is 0.123 e. The van der Waals surface area contributed by atoms with Crippen LogP contribution in [-0.4, -0.2) is 17.0 Å². The monoisotopic (exact) mass is 310 g/mol. The lowest BCUT2D eigenvalue weighted by Crippen LogP contribution is -1.76. The number of rotatable bonds is 1. The number of carbonyl (C=O) groups excluding carboxylic acids is 1. The SMILES string of the molecule is C.C=O.Oc1ccccc1.Oc1ccccc1-c1ccccc1. The van der Waals surface area contributed by atoms with Crippen molar-refractivity contribution < 1.29 is 15.0 Å². The second-order valence-corrected chi connectivity index (χ2v) is 4.22. The Balaban J connectivity index is 0.000000415. The molecule has 0 spiro atoms. The molecule has 3 aromatic carbocycles. The molecule has 0 saturated heterocycles. The molecule has 2 N–H and O–H groups in total. The number of phenolic OH excluding ortho intramolecular Hbond substituents is 2. The van der Waals surface area contributed by atoms with Crippen LogP contribution in [-0.2, 0) is 4.79 Å². The lowest BCUT2D eigenvalue weighted by molar-refractivity contribution is -0.0979. The molecule has 0 saturated carbocycles. The van der Waals surface area contributed by atoms with Crippen molar-refractivity contribution in [2.75, 3.05) is 0 Å². The first kappa shape index (κ1) is 19.9. The van der Waals surface area contributed by atoms with Gasteiger partial charge in [0.2, 0.25) is 0 Å². The van der Waals surface area contributed by atoms with Crippen LogP contribution in [0.4, 0.5) is 0 Å². The van der Waals surface area contributed by atoms with Crippen molar-refractivity contribution in [3.63, 3.8) is 0 Å². The number of hydrogen-bond donors (Lipinski definition) is 2. The minimum absolute atomic E-state index is 0. The van der Waals surface area contributed by atoms with E-state index in [4.69, 9.17) is 9.90 Å². The van der Waals surface area contributed by atoms with Gasteiger partial charge in [0.25, 0.3) is 0 Å². The predicted molar refractivity (Wildman–Crippen MR) is 95.5 cm³/mol. The van der Waals surface area contributed by atoms with E-state index in [9.17, 15) is 5.11 Å². The molecule has 0 radical (unpaired) electrons. The van der Waals surface area contributed by atoms with Crippen LogP contribution < -0.4 is 0 Å². The quantitative estimate of drug-likeness (QED) is 0.672. The van der Waals surface area contributed by atoms with E-state index in [1.807, 2.05) is 61.4 Å². The second-order valence-electron chi connectivity index (χ2n) is 4.22. The highest BCUT2D eigenvalue weighted by molar-refractivity contribution is 5.69. The first-order valence-electron chi connectivity index (χ1n) is 6.63. The molecule has 3 aromatic rings. The van der Waals surface area contributed by atoms with E-state index in [0.29, 0.717) is 11.5 Å². The van der Waals surface area contributed by atoms with Crippen molar-refractivity contribution in [2.45, 2.75) is 7.43 Å². The summed E-state index contributed by atoms with van der Waals surface area (Å²) in [4.78, 5) is 8.00. The van der Waals surface area contributed by atoms with Gasteiger partial charge in [-0.05, 0) is 23.8 Å². The van der Waals surface area contributed by atoms with Crippen LogP contribution in [0.25, 0.3) is 11.1 Å². The minimum atomic E-state index is 0. The Kier molecular flexibility index (Phi) is 10.0. The van der Waals surface area contributed by atoms with Gasteiger partial charge in [-0.25, -0.2) is 0 Å². The number of hydrogen-bond acceptors (Lipinski definition) is 3. The van der Waals surface area contributed by atoms with Crippen LogP contribution in [0.2, 0.25) is 0 Å². The highest BCUT2D eigenvalue weighted by Gasteiger charge is 2.00. The molecule has 0 heterocycles. The molecule has 120 valence electrons. The summed E-state index contributed by atoms with van der Waals surface area (Å²) in [5, 5.41) is 18.2. The van der Waals surface area contributed by atoms with Crippen LogP contribution in [0.15, 0.2) is 84.9 Å². The third-order valence-corrected chi connectivity index (χ3v) is 2.75. The molecule has 23 heavy (non-hydrogen) atoms. The van der Waals surface area contributed by atoms with Gasteiger partial charge in [0, 0.05) is 5.56 Å². The Bertz CT molecular complexity index is 652. The van der Waals surface area contributed by atoms with Gasteiger partial charge in [-0.1, -0.05) is 74.2 Å². The average molecular weight is 310 g/mol. The number of benzene rings is 3. The maximum Gasteiger partial charge on any atom is 0.123 e. The number of para-hydroxylation sites is 2. The van der Waals surface area contributed by atoms with E-state index in [1.165, 1.54) is 0 Å². The van der Waals surface area contributed by atoms with E-state index in [0.717, 1.165) is 11.1 Å². The molecule has 0 amide bonds. The lowest BCUT2D eigenvalue weighted by atomic mass is 10.1. The molecule has 0 unspecified atom stereocenters. The molecule has 0 aromatic heterocycles. The molecule has 0 atom stereocenters. The molecule has 0 aliphatic carbocycles. The van der Waals surface area contributed by atoms with Crippen molar-refractivity contribution in [2.24, 2.45) is 0 Å². The molecule has 3 rings (SSSR count). The summed E-state index contributed by atoms with van der Waals surface area (Å²) in [5.41, 5.74) is 1.92. The maximum atomic E-state index is 9.56. The van der Waals surface area contributed by atoms with E-state index in [2.05, 4.69) is 0 Å². The largest absolute Gasteiger partial charge is 0.508 e. The zero-order chi connectivity index (χ0) is 16.2. The first-order valence-corrected chi connectivity index (χ1v) is 6.63. The van der Waals surface area contributed by atoms with E-state index >= 15 is 0 Å². The summed E-state index contributed by atoms with van der Waals surface area (Å²) >= 11 is 0. The molecule has 3 nitrogen and oxygen atoms in total. The van der Waals surface area contributed by atoms with Crippen LogP contribution in [0.5, 0.6) is 11.5 Å². The average Bonchev–Trinajstić information content (AvgIpc) is 2.59. The molecule has 3 heteroatoms. The van der Waals surface area contributed by atoms with E-state index < -0.39 is 0 Å². The second kappa shape index (κ2) is 11.6. The van der Waals surface area contributed by atoms with Crippen molar-refractivity contribution in [1.82, 2.24) is 0 Å². The van der Waals surface area contributed by atoms with Crippen LogP contribution in [0.3, 0.4) is 0 Å². The Morgan fingerprint density at radius 1 is 0.609 bits per heavy atom. The topological polar surface area (TPSA) is 57.5 Å². The van der Waals surface area contributed by atoms with Crippen molar-refractivity contribution in [3.05, 3.63) is 84.9 Å². The summed E-state index contributed by atoms with van der Waals surface area (Å²) in [5.74, 6) is 0.649. The summed E-state index contributed by atoms with van der Waals surface area (Å²) in [7, 11) is 0. The molecule has 0 fully saturated rings. The Morgan fingerprint density at radius 3 is 1.48 bits per heavy atom. The van der Waals surface area contributed by atoms with Gasteiger partial charge in [-0.2, -0.15) is 0 Å². The normalized spacial score (nSPS) is 8.35. The van der Waals surface area contributed by atoms with Crippen LogP contribution in [0.1, 0.15) is 7.43 Å². The number of carbonyl (C=O) groups is 1. The summed E-state index contributed by atoms with van der Waals surface area (Å²) < 4.78 is 0. The summed E-state index contributed by atoms with van der Waals surface area (Å²) in [6.07, 6.45) is 0. The molecular formula is C20H22O3. The molecule has 0 bridgehead atoms. The van der Waals surface area contributed by atoms with Gasteiger partial charge in [-0.3, -0.25) is 0 Å². The van der Waals surface area contributed by atoms with Crippen LogP contribution in [0, 0.1) is 0 Å². The van der Waals surface area contributed by atoms with Crippen LogP contribution >= 0.6 is 0 Å². The predicted octanol–water partition coefficient (Wildman–Crippen LogP) is 4.90. The highest BCUT2D eigenvalue weighted by Crippen LogP contribution is 2.27. The molecule has 0 aliphatic rings. The maximum absolute atomic E-state index is 9.56. The van der Waals surface area contributed by atoms with E-state index in [1.54, 1.807) is 30.3 Å². The zero-order valence-corrected chi connectivity index (χ0v) is 12.1. The zero-order valence-electron chi connectivity index (χ0n) is 12.1. The fourth-order valence-corrected chi connectivity index (χ4v) is 1.76. The van der Waals surface area contributed by atoms with Gasteiger partial charge < -0.3 is 15.0 Å². The molecular weight excluding hydrogens is 288 g/mol. The van der Waals surface area contributed by atoms with Gasteiger partial charge >= 0.3 is 0 Å². The Morgan fingerprint density at radius 2 is 1.04 bits per heavy atom. The summed E-state index contributed by atoms with van der Waals surface area (Å²) in [6, 6.07) is 25.9. The number of aromatic hydroxyl groups is 2. The standard InChI is InChI=1S/C12H10O.C6H6O.CH2O.CH4/c13-12-9-5-4-8-11(12)10-6-2-1-3-7-10;7-6-4-2-1-3-5-6;1-2;/h1-9,13H;1-5,7H;1H2;1H4. The van der Waals surface area contributed by atoms with Crippen molar-refractivity contribution >= 4 is 6.79 Å². The molecule has 0 aliphatic heterocycles. The van der Waals surface area contributed by atoms with Crippen molar-refractivity contribution in [1.29, 1.82) is 0 Å². The Hall–Kier alpha value is -3.07. The minimum Gasteiger partial charge on any atom is -0.508 e. The third kappa shape index (κ3) is 6.96. The van der Waals surface area contributed by atoms with Gasteiger partial charge in [0.15, 0.2) is 0 Å². The van der Waals surface area contributed by atoms with Gasteiger partial charge in [-0.15, -0.1) is 0 Å². The summed E-state index contributed by atoms with van der Waals surface area (Å²) in [6.45, 7) is 2.00. The lowest BCUT2D eigenvalue weighted by Gasteiger charge is -2.02. The van der Waals surface area contributed by atoms with Gasteiger partial charge in [0.05, 0.1) is 0 Å². The fraction of sp³-hybridized carbons (Fsp3) is 0.0500. The highest BCUT2D eigenvalue weighted by atomic mass is 16.3. The number of phenols is 2. The third-order valence-electron chi connectivity index (χ3n) is 2.75. The Labute approximate surface area is 137 Å².